The monoisotopic (exact) mass is 288 g/mol. The molecular formula is C12H20N2O4S. The molecule has 2 N–H and O–H groups in total. The molecule has 1 saturated heterocycles. The van der Waals surface area contributed by atoms with Crippen LogP contribution >= 0.6 is 11.8 Å². The van der Waals surface area contributed by atoms with Crippen LogP contribution in [0.2, 0.25) is 0 Å². The Balaban J connectivity index is 2.41. The number of carbonyl (C=O) groups excluding carboxylic acids is 2. The zero-order chi connectivity index (χ0) is 14.5. The molecule has 1 fully saturated rings. The lowest BCUT2D eigenvalue weighted by atomic mass is 9.85. The minimum Gasteiger partial charge on any atom is -0.481 e. The molecule has 3 amide bonds. The van der Waals surface area contributed by atoms with Crippen LogP contribution in [-0.4, -0.2) is 52.5 Å². The van der Waals surface area contributed by atoms with Gasteiger partial charge in [0.05, 0.1) is 6.42 Å². The summed E-state index contributed by atoms with van der Waals surface area (Å²) in [5.41, 5.74) is -0.659. The third kappa shape index (κ3) is 5.96. The first-order valence-corrected chi connectivity index (χ1v) is 7.34. The molecule has 7 heteroatoms. The average molecular weight is 288 g/mol. The molecule has 0 unspecified atom stereocenters. The fourth-order valence-corrected chi connectivity index (χ4v) is 2.82. The van der Waals surface area contributed by atoms with Gasteiger partial charge in [0.15, 0.2) is 0 Å². The zero-order valence-corrected chi connectivity index (χ0v) is 12.1. The van der Waals surface area contributed by atoms with Crippen molar-refractivity contribution in [2.24, 2.45) is 5.41 Å². The fourth-order valence-electron chi connectivity index (χ4n) is 1.92. The molecule has 1 aliphatic heterocycles. The quantitative estimate of drug-likeness (QED) is 0.810. The second-order valence-corrected chi connectivity index (χ2v) is 6.59. The first-order chi connectivity index (χ1) is 8.80. The third-order valence-corrected chi connectivity index (χ3v) is 3.76. The largest absolute Gasteiger partial charge is 0.481 e. The van der Waals surface area contributed by atoms with Gasteiger partial charge in [-0.05, 0) is 5.41 Å². The molecule has 0 spiro atoms. The van der Waals surface area contributed by atoms with E-state index in [4.69, 9.17) is 5.11 Å². The number of carboxylic acid groups (broad SMARTS) is 1. The van der Waals surface area contributed by atoms with Crippen molar-refractivity contribution in [3.63, 3.8) is 0 Å². The Morgan fingerprint density at radius 3 is 2.32 bits per heavy atom. The summed E-state index contributed by atoms with van der Waals surface area (Å²) in [6.07, 6.45) is -0.0808. The number of aliphatic carboxylic acids is 1. The highest BCUT2D eigenvalue weighted by molar-refractivity contribution is 7.99. The van der Waals surface area contributed by atoms with Gasteiger partial charge in [-0.15, -0.1) is 0 Å². The number of amides is 3. The Hall–Kier alpha value is -1.24. The number of carbonyl (C=O) groups is 3. The summed E-state index contributed by atoms with van der Waals surface area (Å²) in [5, 5.41) is 11.1. The summed E-state index contributed by atoms with van der Waals surface area (Å²) in [6, 6.07) is -0.378. The smallest absolute Gasteiger partial charge is 0.324 e. The van der Waals surface area contributed by atoms with E-state index in [2.05, 4.69) is 5.32 Å². The lowest BCUT2D eigenvalue weighted by Gasteiger charge is -2.27. The standard InChI is InChI=1S/C12H20N2O4S/c1-12(2,8-10(16)17)7-9(15)13-11(18)14-3-5-19-6-4-14/h3-8H2,1-2H3,(H,16,17)(H,13,15,18). The Labute approximate surface area is 116 Å². The van der Waals surface area contributed by atoms with Gasteiger partial charge in [-0.3, -0.25) is 14.9 Å². The number of hydrogen-bond acceptors (Lipinski definition) is 4. The molecule has 0 atom stereocenters. The van der Waals surface area contributed by atoms with Gasteiger partial charge in [0.25, 0.3) is 0 Å². The van der Waals surface area contributed by atoms with Crippen LogP contribution in [0.3, 0.4) is 0 Å². The Morgan fingerprint density at radius 1 is 1.21 bits per heavy atom. The molecule has 0 aromatic carbocycles. The number of hydrogen-bond donors (Lipinski definition) is 2. The molecule has 1 heterocycles. The SMILES string of the molecule is CC(C)(CC(=O)O)CC(=O)NC(=O)N1CCSCC1. The van der Waals surface area contributed by atoms with Gasteiger partial charge in [0, 0.05) is 31.0 Å². The summed E-state index contributed by atoms with van der Waals surface area (Å²) in [7, 11) is 0. The number of urea groups is 1. The van der Waals surface area contributed by atoms with E-state index in [0.29, 0.717) is 13.1 Å². The normalized spacial score (nSPS) is 16.0. The van der Waals surface area contributed by atoms with E-state index in [-0.39, 0.29) is 18.9 Å². The number of imide groups is 1. The van der Waals surface area contributed by atoms with Gasteiger partial charge < -0.3 is 10.0 Å². The van der Waals surface area contributed by atoms with Gasteiger partial charge in [0.2, 0.25) is 5.91 Å². The molecule has 0 aromatic rings. The summed E-state index contributed by atoms with van der Waals surface area (Å²) < 4.78 is 0. The van der Waals surface area contributed by atoms with E-state index in [9.17, 15) is 14.4 Å². The highest BCUT2D eigenvalue weighted by Crippen LogP contribution is 2.24. The summed E-state index contributed by atoms with van der Waals surface area (Å²) in [4.78, 5) is 35.8. The predicted molar refractivity (Wildman–Crippen MR) is 73.1 cm³/mol. The molecule has 0 radical (unpaired) electrons. The highest BCUT2D eigenvalue weighted by atomic mass is 32.2. The number of thioether (sulfide) groups is 1. The summed E-state index contributed by atoms with van der Waals surface area (Å²) in [5.74, 6) is 0.393. The van der Waals surface area contributed by atoms with Crippen molar-refractivity contribution < 1.29 is 19.5 Å². The van der Waals surface area contributed by atoms with E-state index in [1.165, 1.54) is 0 Å². The maximum Gasteiger partial charge on any atom is 0.324 e. The Morgan fingerprint density at radius 2 is 1.79 bits per heavy atom. The van der Waals surface area contributed by atoms with Crippen LogP contribution in [0.5, 0.6) is 0 Å². The van der Waals surface area contributed by atoms with Crippen LogP contribution in [0.25, 0.3) is 0 Å². The number of nitrogens with zero attached hydrogens (tertiary/aromatic N) is 1. The second-order valence-electron chi connectivity index (χ2n) is 5.36. The third-order valence-electron chi connectivity index (χ3n) is 2.81. The van der Waals surface area contributed by atoms with Gasteiger partial charge in [-0.25, -0.2) is 4.79 Å². The van der Waals surface area contributed by atoms with Crippen LogP contribution in [0.15, 0.2) is 0 Å². The number of rotatable bonds is 4. The molecule has 19 heavy (non-hydrogen) atoms. The lowest BCUT2D eigenvalue weighted by Crippen LogP contribution is -2.47. The van der Waals surface area contributed by atoms with E-state index in [0.717, 1.165) is 11.5 Å². The topological polar surface area (TPSA) is 86.7 Å². The minimum absolute atomic E-state index is 0.0215. The molecule has 0 saturated carbocycles. The van der Waals surface area contributed by atoms with Gasteiger partial charge in [-0.2, -0.15) is 11.8 Å². The molecule has 1 rings (SSSR count). The van der Waals surface area contributed by atoms with Crippen molar-refractivity contribution in [2.75, 3.05) is 24.6 Å². The van der Waals surface area contributed by atoms with Gasteiger partial charge in [-0.1, -0.05) is 13.8 Å². The second kappa shape index (κ2) is 6.79. The molecule has 0 aliphatic carbocycles. The first kappa shape index (κ1) is 15.8. The van der Waals surface area contributed by atoms with Gasteiger partial charge >= 0.3 is 12.0 Å². The maximum atomic E-state index is 11.8. The lowest BCUT2D eigenvalue weighted by molar-refractivity contribution is -0.139. The molecule has 0 bridgehead atoms. The van der Waals surface area contributed by atoms with Crippen molar-refractivity contribution >= 4 is 29.7 Å². The van der Waals surface area contributed by atoms with E-state index < -0.39 is 17.3 Å². The molecular weight excluding hydrogens is 268 g/mol. The van der Waals surface area contributed by atoms with Crippen molar-refractivity contribution in [3.8, 4) is 0 Å². The van der Waals surface area contributed by atoms with Crippen molar-refractivity contribution in [1.29, 1.82) is 0 Å². The van der Waals surface area contributed by atoms with Crippen molar-refractivity contribution in [3.05, 3.63) is 0 Å². The van der Waals surface area contributed by atoms with Crippen LogP contribution in [-0.2, 0) is 9.59 Å². The Bertz CT molecular complexity index is 365. The first-order valence-electron chi connectivity index (χ1n) is 6.18. The predicted octanol–water partition coefficient (Wildman–Crippen LogP) is 1.16. The Kier molecular flexibility index (Phi) is 5.65. The zero-order valence-electron chi connectivity index (χ0n) is 11.3. The van der Waals surface area contributed by atoms with Crippen LogP contribution in [0.4, 0.5) is 4.79 Å². The minimum atomic E-state index is -0.947. The summed E-state index contributed by atoms with van der Waals surface area (Å²) >= 11 is 1.78. The number of carboxylic acids is 1. The highest BCUT2D eigenvalue weighted by Gasteiger charge is 2.27. The average Bonchev–Trinajstić information content (AvgIpc) is 2.27. The van der Waals surface area contributed by atoms with Gasteiger partial charge in [0.1, 0.15) is 0 Å². The molecule has 1 aliphatic rings. The maximum absolute atomic E-state index is 11.8. The fraction of sp³-hybridized carbons (Fsp3) is 0.750. The van der Waals surface area contributed by atoms with E-state index in [1.54, 1.807) is 30.5 Å². The van der Waals surface area contributed by atoms with Crippen molar-refractivity contribution in [2.45, 2.75) is 26.7 Å². The molecule has 108 valence electrons. The van der Waals surface area contributed by atoms with Crippen molar-refractivity contribution in [1.82, 2.24) is 10.2 Å². The summed E-state index contributed by atoms with van der Waals surface area (Å²) in [6.45, 7) is 4.68. The van der Waals surface area contributed by atoms with Crippen LogP contribution in [0, 0.1) is 5.41 Å². The molecule has 6 nitrogen and oxygen atoms in total. The van der Waals surface area contributed by atoms with E-state index >= 15 is 0 Å². The van der Waals surface area contributed by atoms with Crippen LogP contribution < -0.4 is 5.32 Å². The molecule has 0 aromatic heterocycles. The van der Waals surface area contributed by atoms with Crippen LogP contribution in [0.1, 0.15) is 26.7 Å². The number of nitrogens with one attached hydrogen (secondary N) is 1. The van der Waals surface area contributed by atoms with E-state index in [1.807, 2.05) is 0 Å².